The summed E-state index contributed by atoms with van der Waals surface area (Å²) in [5.41, 5.74) is 3.31. The van der Waals surface area contributed by atoms with Crippen LogP contribution in [0.25, 0.3) is 0 Å². The first-order valence-corrected chi connectivity index (χ1v) is 11.2. The van der Waals surface area contributed by atoms with Gasteiger partial charge in [0.25, 0.3) is 5.91 Å². The number of amides is 1. The first-order valence-electron chi connectivity index (χ1n) is 10.4. The highest BCUT2D eigenvalue weighted by molar-refractivity contribution is 9.10. The first kappa shape index (κ1) is 22.7. The van der Waals surface area contributed by atoms with Crippen molar-refractivity contribution in [3.63, 3.8) is 0 Å². The first-order chi connectivity index (χ1) is 15.9. The Balaban J connectivity index is 1.41. The van der Waals surface area contributed by atoms with Gasteiger partial charge < -0.3 is 19.2 Å². The van der Waals surface area contributed by atoms with Gasteiger partial charge in [-0.15, -0.1) is 0 Å². The second kappa shape index (κ2) is 9.95. The lowest BCUT2D eigenvalue weighted by molar-refractivity contribution is 0.0992. The number of carbonyl (C=O) groups excluding carboxylic acids is 1. The van der Waals surface area contributed by atoms with Crippen molar-refractivity contribution in [2.45, 2.75) is 27.0 Å². The number of halogens is 1. The van der Waals surface area contributed by atoms with E-state index in [0.29, 0.717) is 18.0 Å². The predicted octanol–water partition coefficient (Wildman–Crippen LogP) is 5.74. The van der Waals surface area contributed by atoms with E-state index in [1.54, 1.807) is 19.2 Å². The van der Waals surface area contributed by atoms with Crippen molar-refractivity contribution in [2.75, 3.05) is 12.4 Å². The van der Waals surface area contributed by atoms with Gasteiger partial charge in [-0.1, -0.05) is 28.1 Å². The van der Waals surface area contributed by atoms with E-state index in [-0.39, 0.29) is 18.3 Å². The lowest BCUT2D eigenvalue weighted by Crippen LogP contribution is -2.12. The Morgan fingerprint density at radius 3 is 2.64 bits per heavy atom. The zero-order chi connectivity index (χ0) is 23.4. The van der Waals surface area contributed by atoms with Crippen LogP contribution in [0.2, 0.25) is 0 Å². The molecule has 2 heterocycles. The fraction of sp³-hybridized carbons (Fsp3) is 0.200. The van der Waals surface area contributed by atoms with Crippen LogP contribution in [0.3, 0.4) is 0 Å². The molecule has 0 aliphatic heterocycles. The highest BCUT2D eigenvalue weighted by Gasteiger charge is 2.18. The second-order valence-corrected chi connectivity index (χ2v) is 8.43. The average molecular weight is 510 g/mol. The molecule has 0 unspecified atom stereocenters. The van der Waals surface area contributed by atoms with E-state index in [2.05, 4.69) is 26.3 Å². The van der Waals surface area contributed by atoms with Crippen molar-refractivity contribution in [1.29, 1.82) is 0 Å². The van der Waals surface area contributed by atoms with Crippen LogP contribution in [0.4, 0.5) is 5.69 Å². The number of hydrogen-bond acceptors (Lipinski definition) is 5. The molecule has 170 valence electrons. The molecule has 4 rings (SSSR count). The van der Waals surface area contributed by atoms with E-state index >= 15 is 0 Å². The lowest BCUT2D eigenvalue weighted by atomic mass is 10.2. The Hall–Kier alpha value is -3.52. The van der Waals surface area contributed by atoms with Gasteiger partial charge in [-0.2, -0.15) is 5.10 Å². The zero-order valence-corrected chi connectivity index (χ0v) is 20.2. The van der Waals surface area contributed by atoms with Gasteiger partial charge in [0, 0.05) is 4.47 Å². The second-order valence-electron chi connectivity index (χ2n) is 7.52. The Kier molecular flexibility index (Phi) is 6.84. The number of nitrogens with zero attached hydrogens (tertiary/aromatic N) is 2. The van der Waals surface area contributed by atoms with Crippen molar-refractivity contribution >= 4 is 27.5 Å². The van der Waals surface area contributed by atoms with Crippen molar-refractivity contribution < 1.29 is 18.7 Å². The monoisotopic (exact) mass is 509 g/mol. The number of aryl methyl sites for hydroxylation is 1. The normalized spacial score (nSPS) is 10.8. The molecular formula is C25H24BrN3O4. The van der Waals surface area contributed by atoms with Gasteiger partial charge in [0.05, 0.1) is 30.7 Å². The molecule has 0 radical (unpaired) electrons. The van der Waals surface area contributed by atoms with Crippen molar-refractivity contribution in [2.24, 2.45) is 0 Å². The number of carbonyl (C=O) groups is 1. The molecule has 33 heavy (non-hydrogen) atoms. The number of methoxy groups -OCH3 is 1. The molecule has 0 saturated heterocycles. The van der Waals surface area contributed by atoms with Gasteiger partial charge in [-0.3, -0.25) is 9.48 Å². The number of rotatable bonds is 8. The molecule has 4 aromatic rings. The minimum Gasteiger partial charge on any atom is -0.497 e. The fourth-order valence-corrected chi connectivity index (χ4v) is 3.68. The molecular weight excluding hydrogens is 486 g/mol. The molecule has 0 aliphatic carbocycles. The van der Waals surface area contributed by atoms with Crippen LogP contribution in [-0.4, -0.2) is 22.8 Å². The van der Waals surface area contributed by atoms with Gasteiger partial charge in [0.1, 0.15) is 23.9 Å². The number of furan rings is 1. The molecule has 2 aromatic heterocycles. The molecule has 0 aliphatic rings. The number of anilines is 1. The summed E-state index contributed by atoms with van der Waals surface area (Å²) in [7, 11) is 1.64. The van der Waals surface area contributed by atoms with E-state index in [4.69, 9.17) is 13.9 Å². The summed E-state index contributed by atoms with van der Waals surface area (Å²) < 4.78 is 19.5. The molecule has 0 atom stereocenters. The third-order valence-electron chi connectivity index (χ3n) is 5.17. The zero-order valence-electron chi connectivity index (χ0n) is 18.6. The maximum Gasteiger partial charge on any atom is 0.291 e. The third-order valence-corrected chi connectivity index (χ3v) is 5.70. The summed E-state index contributed by atoms with van der Waals surface area (Å²) in [6, 6.07) is 18.7. The standard InChI is InChI=1S/C25H24BrN3O4/c1-16-24(17(2)29(28-16)14-18-5-4-6-21(13-18)31-3)27-25(30)23-12-11-22(33-23)15-32-20-9-7-19(26)8-10-20/h4-13H,14-15H2,1-3H3,(H,27,30). The van der Waals surface area contributed by atoms with Gasteiger partial charge in [0.2, 0.25) is 0 Å². The maximum absolute atomic E-state index is 12.8. The summed E-state index contributed by atoms with van der Waals surface area (Å²) in [6.07, 6.45) is 0. The number of hydrogen-bond donors (Lipinski definition) is 1. The molecule has 8 heteroatoms. The minimum atomic E-state index is -0.336. The van der Waals surface area contributed by atoms with Gasteiger partial charge in [-0.25, -0.2) is 0 Å². The highest BCUT2D eigenvalue weighted by Crippen LogP contribution is 2.23. The van der Waals surface area contributed by atoms with Crippen LogP contribution in [0, 0.1) is 13.8 Å². The van der Waals surface area contributed by atoms with E-state index in [0.717, 1.165) is 32.9 Å². The Morgan fingerprint density at radius 1 is 1.09 bits per heavy atom. The van der Waals surface area contributed by atoms with Crippen LogP contribution in [0.15, 0.2) is 69.6 Å². The summed E-state index contributed by atoms with van der Waals surface area (Å²) in [6.45, 7) is 4.59. The summed E-state index contributed by atoms with van der Waals surface area (Å²) in [4.78, 5) is 12.8. The number of benzene rings is 2. The molecule has 0 fully saturated rings. The van der Waals surface area contributed by atoms with E-state index in [1.807, 2.05) is 67.1 Å². The lowest BCUT2D eigenvalue weighted by Gasteiger charge is -2.08. The molecule has 0 bridgehead atoms. The quantitative estimate of drug-likeness (QED) is 0.327. The van der Waals surface area contributed by atoms with Crippen molar-refractivity contribution in [3.8, 4) is 11.5 Å². The number of nitrogens with one attached hydrogen (secondary N) is 1. The fourth-order valence-electron chi connectivity index (χ4n) is 3.41. The predicted molar refractivity (Wildman–Crippen MR) is 129 cm³/mol. The maximum atomic E-state index is 12.8. The largest absolute Gasteiger partial charge is 0.497 e. The molecule has 0 spiro atoms. The molecule has 7 nitrogen and oxygen atoms in total. The average Bonchev–Trinajstić information content (AvgIpc) is 3.39. The molecule has 2 aromatic carbocycles. The van der Waals surface area contributed by atoms with Gasteiger partial charge in [-0.05, 0) is 67.9 Å². The minimum absolute atomic E-state index is 0.212. The number of ether oxygens (including phenoxy) is 2. The van der Waals surface area contributed by atoms with Crippen LogP contribution >= 0.6 is 15.9 Å². The molecule has 1 amide bonds. The smallest absolute Gasteiger partial charge is 0.291 e. The van der Waals surface area contributed by atoms with E-state index in [1.165, 1.54) is 0 Å². The van der Waals surface area contributed by atoms with Gasteiger partial charge in [0.15, 0.2) is 5.76 Å². The van der Waals surface area contributed by atoms with E-state index in [9.17, 15) is 4.79 Å². The van der Waals surface area contributed by atoms with Gasteiger partial charge >= 0.3 is 0 Å². The Bertz CT molecular complexity index is 1260. The molecule has 1 N–H and O–H groups in total. The van der Waals surface area contributed by atoms with Crippen molar-refractivity contribution in [3.05, 3.63) is 93.6 Å². The van der Waals surface area contributed by atoms with Crippen LogP contribution in [-0.2, 0) is 13.2 Å². The van der Waals surface area contributed by atoms with Crippen molar-refractivity contribution in [1.82, 2.24) is 9.78 Å². The summed E-state index contributed by atoms with van der Waals surface area (Å²) >= 11 is 3.39. The van der Waals surface area contributed by atoms with Crippen LogP contribution in [0.1, 0.15) is 33.3 Å². The van der Waals surface area contributed by atoms with E-state index < -0.39 is 0 Å². The Labute approximate surface area is 200 Å². The Morgan fingerprint density at radius 2 is 1.88 bits per heavy atom. The highest BCUT2D eigenvalue weighted by atomic mass is 79.9. The number of aromatic nitrogens is 2. The topological polar surface area (TPSA) is 78.5 Å². The molecule has 0 saturated carbocycles. The SMILES string of the molecule is COc1cccc(Cn2nc(C)c(NC(=O)c3ccc(COc4ccc(Br)cc4)o3)c2C)c1. The van der Waals surface area contributed by atoms with Crippen LogP contribution in [0.5, 0.6) is 11.5 Å². The summed E-state index contributed by atoms with van der Waals surface area (Å²) in [5.74, 6) is 1.95. The van der Waals surface area contributed by atoms with Crippen LogP contribution < -0.4 is 14.8 Å². The summed E-state index contributed by atoms with van der Waals surface area (Å²) in [5, 5.41) is 7.52. The third kappa shape index (κ3) is 5.46.